The molecule has 0 heterocycles. The maximum Gasteiger partial charge on any atom is 0.0705 e. The van der Waals surface area contributed by atoms with Crippen molar-refractivity contribution < 1.29 is 0 Å². The topological polar surface area (TPSA) is 36.2 Å². The van der Waals surface area contributed by atoms with Gasteiger partial charge in [0.15, 0.2) is 0 Å². The molecule has 0 bridgehead atoms. The molecule has 0 aliphatic heterocycles. The minimum Gasteiger partial charge on any atom is -0.210 e. The Bertz CT molecular complexity index is 64.5. The summed E-state index contributed by atoms with van der Waals surface area (Å²) in [5.74, 6) is 0. The Balaban J connectivity index is 2.26. The van der Waals surface area contributed by atoms with E-state index in [2.05, 4.69) is 5.11 Å². The Morgan fingerprint density at radius 2 is 1.86 bits per heavy atom. The number of rotatable bonds is 1. The summed E-state index contributed by atoms with van der Waals surface area (Å²) in [6, 6.07) is 0.389. The van der Waals surface area contributed by atoms with Gasteiger partial charge in [-0.15, -0.1) is 0 Å². The van der Waals surface area contributed by atoms with Crippen LogP contribution in [0.3, 0.4) is 0 Å². The number of hydrogen-bond donors (Lipinski definition) is 1. The van der Waals surface area contributed by atoms with Gasteiger partial charge in [0.2, 0.25) is 0 Å². The van der Waals surface area contributed by atoms with Crippen molar-refractivity contribution in [2.45, 2.75) is 31.7 Å². The average Bonchev–Trinajstić information content (AvgIpc) is 2.14. The van der Waals surface area contributed by atoms with E-state index in [4.69, 9.17) is 5.53 Å². The van der Waals surface area contributed by atoms with Gasteiger partial charge in [-0.25, -0.2) is 5.53 Å². The van der Waals surface area contributed by atoms with E-state index in [1.807, 2.05) is 0 Å². The first kappa shape index (κ1) is 4.75. The van der Waals surface area contributed by atoms with Crippen LogP contribution in [0.2, 0.25) is 0 Å². The summed E-state index contributed by atoms with van der Waals surface area (Å²) in [6.07, 6.45) is 4.88. The molecule has 1 rings (SSSR count). The highest BCUT2D eigenvalue weighted by atomic mass is 15.0. The maximum absolute atomic E-state index is 6.62. The second-order valence-corrected chi connectivity index (χ2v) is 2.07. The molecule has 1 fully saturated rings. The van der Waals surface area contributed by atoms with Crippen molar-refractivity contribution in [3.8, 4) is 0 Å². The first-order valence-corrected chi connectivity index (χ1v) is 2.80. The lowest BCUT2D eigenvalue weighted by Gasteiger charge is -1.92. The van der Waals surface area contributed by atoms with Gasteiger partial charge >= 0.3 is 0 Å². The lowest BCUT2D eigenvalue weighted by atomic mass is 10.3. The van der Waals surface area contributed by atoms with E-state index in [0.29, 0.717) is 6.04 Å². The highest BCUT2D eigenvalue weighted by Crippen LogP contribution is 2.19. The van der Waals surface area contributed by atoms with Crippen LogP contribution in [-0.4, -0.2) is 6.04 Å². The first-order chi connectivity index (χ1) is 3.43. The van der Waals surface area contributed by atoms with Crippen LogP contribution in [0.5, 0.6) is 0 Å². The number of nitrogens with one attached hydrogen (secondary N) is 1. The molecule has 0 atom stereocenters. The van der Waals surface area contributed by atoms with Crippen molar-refractivity contribution in [3.05, 3.63) is 0 Å². The summed E-state index contributed by atoms with van der Waals surface area (Å²) in [4.78, 5) is 0. The molecule has 0 aromatic rings. The molecule has 1 aliphatic rings. The van der Waals surface area contributed by atoms with E-state index in [1.54, 1.807) is 0 Å². The Morgan fingerprint density at radius 1 is 1.29 bits per heavy atom. The van der Waals surface area contributed by atoms with E-state index >= 15 is 0 Å². The monoisotopic (exact) mass is 98.1 g/mol. The summed E-state index contributed by atoms with van der Waals surface area (Å²) in [5.41, 5.74) is 6.62. The fourth-order valence-electron chi connectivity index (χ4n) is 1.03. The molecule has 0 saturated heterocycles. The SMILES string of the molecule is N=NC1CCCC1. The highest BCUT2D eigenvalue weighted by Gasteiger charge is 2.11. The van der Waals surface area contributed by atoms with Gasteiger partial charge < -0.3 is 0 Å². The summed E-state index contributed by atoms with van der Waals surface area (Å²) in [6.45, 7) is 0. The Kier molecular flexibility index (Phi) is 1.39. The van der Waals surface area contributed by atoms with Gasteiger partial charge in [0, 0.05) is 0 Å². The lowest BCUT2D eigenvalue weighted by molar-refractivity contribution is 0.649. The summed E-state index contributed by atoms with van der Waals surface area (Å²) >= 11 is 0. The maximum atomic E-state index is 6.62. The second kappa shape index (κ2) is 2.05. The molecule has 0 radical (unpaired) electrons. The first-order valence-electron chi connectivity index (χ1n) is 2.80. The van der Waals surface area contributed by atoms with Crippen molar-refractivity contribution >= 4 is 0 Å². The lowest BCUT2D eigenvalue weighted by Crippen LogP contribution is -1.91. The molecule has 40 valence electrons. The quantitative estimate of drug-likeness (QED) is 0.487. The molecule has 0 amide bonds. The predicted octanol–water partition coefficient (Wildman–Crippen LogP) is 1.96. The smallest absolute Gasteiger partial charge is 0.0705 e. The molecule has 7 heavy (non-hydrogen) atoms. The second-order valence-electron chi connectivity index (χ2n) is 2.07. The fraction of sp³-hybridized carbons (Fsp3) is 1.00. The van der Waals surface area contributed by atoms with E-state index in [0.717, 1.165) is 12.8 Å². The van der Waals surface area contributed by atoms with Crippen molar-refractivity contribution in [1.29, 1.82) is 5.53 Å². The van der Waals surface area contributed by atoms with Crippen molar-refractivity contribution in [2.75, 3.05) is 0 Å². The molecular formula is C5H10N2. The summed E-state index contributed by atoms with van der Waals surface area (Å²) < 4.78 is 0. The standard InChI is InChI=1S/C5H10N2/c6-7-5-3-1-2-4-5/h5-6H,1-4H2. The molecule has 0 aromatic heterocycles. The predicted molar refractivity (Wildman–Crippen MR) is 27.4 cm³/mol. The van der Waals surface area contributed by atoms with Gasteiger partial charge in [-0.05, 0) is 12.8 Å². The van der Waals surface area contributed by atoms with Crippen LogP contribution < -0.4 is 0 Å². The third kappa shape index (κ3) is 0.981. The normalized spacial score (nSPS) is 22.9. The molecule has 2 nitrogen and oxygen atoms in total. The van der Waals surface area contributed by atoms with E-state index in [9.17, 15) is 0 Å². The van der Waals surface area contributed by atoms with Crippen LogP contribution in [0.15, 0.2) is 5.11 Å². The van der Waals surface area contributed by atoms with Crippen LogP contribution in [0, 0.1) is 5.53 Å². The van der Waals surface area contributed by atoms with Gasteiger partial charge in [-0.3, -0.25) is 0 Å². The molecular weight excluding hydrogens is 88.1 g/mol. The molecule has 1 saturated carbocycles. The third-order valence-electron chi connectivity index (χ3n) is 1.51. The largest absolute Gasteiger partial charge is 0.210 e. The van der Waals surface area contributed by atoms with E-state index in [1.165, 1.54) is 12.8 Å². The van der Waals surface area contributed by atoms with Gasteiger partial charge in [0.1, 0.15) is 0 Å². The van der Waals surface area contributed by atoms with E-state index < -0.39 is 0 Å². The minimum atomic E-state index is 0.389. The van der Waals surface area contributed by atoms with Crippen LogP contribution in [0.4, 0.5) is 0 Å². The van der Waals surface area contributed by atoms with Crippen LogP contribution in [0.1, 0.15) is 25.7 Å². The molecule has 2 heteroatoms. The number of hydrogen-bond acceptors (Lipinski definition) is 2. The summed E-state index contributed by atoms with van der Waals surface area (Å²) in [5, 5.41) is 3.44. The Labute approximate surface area is 43.4 Å². The van der Waals surface area contributed by atoms with Crippen molar-refractivity contribution in [2.24, 2.45) is 5.11 Å². The van der Waals surface area contributed by atoms with Crippen LogP contribution in [0.25, 0.3) is 0 Å². The van der Waals surface area contributed by atoms with Crippen LogP contribution in [-0.2, 0) is 0 Å². The Hall–Kier alpha value is -0.400. The molecule has 0 aromatic carbocycles. The Morgan fingerprint density at radius 3 is 2.14 bits per heavy atom. The van der Waals surface area contributed by atoms with Gasteiger partial charge in [0.05, 0.1) is 6.04 Å². The third-order valence-corrected chi connectivity index (χ3v) is 1.51. The zero-order valence-corrected chi connectivity index (χ0v) is 4.35. The molecule has 1 N–H and O–H groups in total. The average molecular weight is 98.1 g/mol. The zero-order valence-electron chi connectivity index (χ0n) is 4.35. The van der Waals surface area contributed by atoms with E-state index in [-0.39, 0.29) is 0 Å². The van der Waals surface area contributed by atoms with Gasteiger partial charge in [0.25, 0.3) is 0 Å². The summed E-state index contributed by atoms with van der Waals surface area (Å²) in [7, 11) is 0. The van der Waals surface area contributed by atoms with Crippen LogP contribution >= 0.6 is 0 Å². The highest BCUT2D eigenvalue weighted by molar-refractivity contribution is 4.69. The zero-order chi connectivity index (χ0) is 5.11. The van der Waals surface area contributed by atoms with Crippen molar-refractivity contribution in [3.63, 3.8) is 0 Å². The number of nitrogens with zero attached hydrogens (tertiary/aromatic N) is 1. The minimum absolute atomic E-state index is 0.389. The van der Waals surface area contributed by atoms with Crippen molar-refractivity contribution in [1.82, 2.24) is 0 Å². The fourth-order valence-corrected chi connectivity index (χ4v) is 1.03. The molecule has 0 spiro atoms. The molecule has 0 unspecified atom stereocenters. The molecule has 1 aliphatic carbocycles. The van der Waals surface area contributed by atoms with Gasteiger partial charge in [-0.2, -0.15) is 5.11 Å². The van der Waals surface area contributed by atoms with Gasteiger partial charge in [-0.1, -0.05) is 12.8 Å².